The molecule has 0 aliphatic rings. The lowest BCUT2D eigenvalue weighted by molar-refractivity contribution is 0.308. The van der Waals surface area contributed by atoms with Crippen molar-refractivity contribution in [3.8, 4) is 11.5 Å². The van der Waals surface area contributed by atoms with E-state index in [-0.39, 0.29) is 12.4 Å². The molecule has 0 unspecified atom stereocenters. The fourth-order valence-electron chi connectivity index (χ4n) is 1.51. The van der Waals surface area contributed by atoms with E-state index in [9.17, 15) is 8.42 Å². The molecular weight excluding hydrogens is 254 g/mol. The van der Waals surface area contributed by atoms with Crippen LogP contribution in [-0.4, -0.2) is 41.2 Å². The highest BCUT2D eigenvalue weighted by atomic mass is 32.2. The van der Waals surface area contributed by atoms with Crippen molar-refractivity contribution in [3.05, 3.63) is 23.8 Å². The quantitative estimate of drug-likeness (QED) is 0.797. The summed E-state index contributed by atoms with van der Waals surface area (Å²) in [5.74, 6) is 1.19. The van der Waals surface area contributed by atoms with Crippen LogP contribution in [0.1, 0.15) is 5.56 Å². The van der Waals surface area contributed by atoms with Gasteiger partial charge in [0.15, 0.2) is 21.3 Å². The highest BCUT2D eigenvalue weighted by Crippen LogP contribution is 2.30. The van der Waals surface area contributed by atoms with Gasteiger partial charge < -0.3 is 14.8 Å². The van der Waals surface area contributed by atoms with Gasteiger partial charge in [-0.15, -0.1) is 0 Å². The second-order valence-electron chi connectivity index (χ2n) is 3.96. The van der Waals surface area contributed by atoms with Gasteiger partial charge in [-0.2, -0.15) is 0 Å². The van der Waals surface area contributed by atoms with E-state index in [4.69, 9.17) is 9.47 Å². The second kappa shape index (κ2) is 6.61. The first-order chi connectivity index (χ1) is 8.48. The van der Waals surface area contributed by atoms with Crippen molar-refractivity contribution in [1.82, 2.24) is 5.32 Å². The number of methoxy groups -OCH3 is 1. The lowest BCUT2D eigenvalue weighted by atomic mass is 10.2. The zero-order valence-electron chi connectivity index (χ0n) is 10.9. The summed E-state index contributed by atoms with van der Waals surface area (Å²) < 4.78 is 32.9. The normalized spacial score (nSPS) is 11.3. The maximum absolute atomic E-state index is 11.1. The molecule has 0 atom stereocenters. The van der Waals surface area contributed by atoms with E-state index in [1.165, 1.54) is 6.26 Å². The molecule has 0 amide bonds. The van der Waals surface area contributed by atoms with Gasteiger partial charge in [0.05, 0.1) is 12.9 Å². The molecule has 1 rings (SSSR count). The van der Waals surface area contributed by atoms with Crippen molar-refractivity contribution in [1.29, 1.82) is 0 Å². The van der Waals surface area contributed by atoms with E-state index in [0.29, 0.717) is 18.0 Å². The van der Waals surface area contributed by atoms with Gasteiger partial charge in [-0.1, -0.05) is 12.1 Å². The molecule has 1 aromatic carbocycles. The number of hydrogen-bond donors (Lipinski definition) is 1. The molecule has 0 fully saturated rings. The predicted molar refractivity (Wildman–Crippen MR) is 71.0 cm³/mol. The van der Waals surface area contributed by atoms with E-state index in [1.807, 2.05) is 19.2 Å². The van der Waals surface area contributed by atoms with Crippen molar-refractivity contribution in [2.24, 2.45) is 0 Å². The average molecular weight is 273 g/mol. The largest absolute Gasteiger partial charge is 0.493 e. The minimum absolute atomic E-state index is 0.00988. The Morgan fingerprint density at radius 1 is 1.33 bits per heavy atom. The third kappa shape index (κ3) is 4.54. The fourth-order valence-corrected chi connectivity index (χ4v) is 1.90. The number of hydrogen-bond acceptors (Lipinski definition) is 5. The topological polar surface area (TPSA) is 64.6 Å². The summed E-state index contributed by atoms with van der Waals surface area (Å²) >= 11 is 0. The van der Waals surface area contributed by atoms with Gasteiger partial charge in [-0.25, -0.2) is 8.42 Å². The van der Waals surface area contributed by atoms with E-state index in [0.717, 1.165) is 5.56 Å². The van der Waals surface area contributed by atoms with Crippen molar-refractivity contribution in [2.75, 3.05) is 32.8 Å². The fraction of sp³-hybridized carbons (Fsp3) is 0.500. The Hall–Kier alpha value is -1.27. The van der Waals surface area contributed by atoms with Crippen LogP contribution in [0.4, 0.5) is 0 Å². The van der Waals surface area contributed by atoms with Crippen LogP contribution in [0.2, 0.25) is 0 Å². The minimum Gasteiger partial charge on any atom is -0.493 e. The number of sulfone groups is 1. The molecule has 0 aliphatic heterocycles. The molecule has 0 saturated carbocycles. The zero-order chi connectivity index (χ0) is 13.6. The third-order valence-corrected chi connectivity index (χ3v) is 3.26. The summed E-state index contributed by atoms with van der Waals surface area (Å²) in [6, 6.07) is 5.57. The Balaban J connectivity index is 2.83. The number of para-hydroxylation sites is 1. The Morgan fingerprint density at radius 2 is 2.06 bits per heavy atom. The van der Waals surface area contributed by atoms with Gasteiger partial charge in [0.1, 0.15) is 6.61 Å². The van der Waals surface area contributed by atoms with Crippen molar-refractivity contribution >= 4 is 9.84 Å². The number of ether oxygens (including phenoxy) is 2. The monoisotopic (exact) mass is 273 g/mol. The van der Waals surface area contributed by atoms with Crippen molar-refractivity contribution < 1.29 is 17.9 Å². The van der Waals surface area contributed by atoms with Gasteiger partial charge in [0.25, 0.3) is 0 Å². The summed E-state index contributed by atoms with van der Waals surface area (Å²) in [6.45, 7) is 0.751. The Bertz CT molecular complexity index is 485. The minimum atomic E-state index is -3.02. The molecule has 0 saturated heterocycles. The molecule has 0 aromatic heterocycles. The summed E-state index contributed by atoms with van der Waals surface area (Å²) in [5.41, 5.74) is 0.936. The summed E-state index contributed by atoms with van der Waals surface area (Å²) in [5, 5.41) is 3.03. The molecule has 0 aliphatic carbocycles. The first-order valence-corrected chi connectivity index (χ1v) is 7.65. The van der Waals surface area contributed by atoms with E-state index in [2.05, 4.69) is 5.32 Å². The molecule has 0 radical (unpaired) electrons. The predicted octanol–water partition coefficient (Wildman–Crippen LogP) is 0.838. The first-order valence-electron chi connectivity index (χ1n) is 5.59. The van der Waals surface area contributed by atoms with Crippen LogP contribution in [0.15, 0.2) is 18.2 Å². The van der Waals surface area contributed by atoms with Gasteiger partial charge >= 0.3 is 0 Å². The average Bonchev–Trinajstić information content (AvgIpc) is 2.29. The first kappa shape index (κ1) is 14.8. The van der Waals surface area contributed by atoms with Crippen LogP contribution in [0.25, 0.3) is 0 Å². The van der Waals surface area contributed by atoms with E-state index < -0.39 is 9.84 Å². The maximum atomic E-state index is 11.1. The smallest absolute Gasteiger partial charge is 0.165 e. The van der Waals surface area contributed by atoms with Gasteiger partial charge in [0.2, 0.25) is 0 Å². The standard InChI is InChI=1S/C12H19NO4S/c1-13-9-10-5-4-6-11(16-2)12(10)17-7-8-18(3,14)15/h4-6,13H,7-9H2,1-3H3. The molecule has 6 heteroatoms. The van der Waals surface area contributed by atoms with Crippen molar-refractivity contribution in [3.63, 3.8) is 0 Å². The molecule has 102 valence electrons. The van der Waals surface area contributed by atoms with Crippen LogP contribution in [0.3, 0.4) is 0 Å². The summed E-state index contributed by atoms with van der Waals surface area (Å²) in [4.78, 5) is 0. The van der Waals surface area contributed by atoms with Crippen LogP contribution >= 0.6 is 0 Å². The summed E-state index contributed by atoms with van der Waals surface area (Å²) in [6.07, 6.45) is 1.19. The highest BCUT2D eigenvalue weighted by Gasteiger charge is 2.11. The lowest BCUT2D eigenvalue weighted by Gasteiger charge is -2.14. The third-order valence-electron chi connectivity index (χ3n) is 2.35. The van der Waals surface area contributed by atoms with Gasteiger partial charge in [-0.05, 0) is 13.1 Å². The Labute approximate surface area is 108 Å². The lowest BCUT2D eigenvalue weighted by Crippen LogP contribution is -2.14. The number of benzene rings is 1. The molecule has 0 heterocycles. The van der Waals surface area contributed by atoms with Crippen LogP contribution in [0, 0.1) is 0 Å². The van der Waals surface area contributed by atoms with Crippen LogP contribution < -0.4 is 14.8 Å². The zero-order valence-corrected chi connectivity index (χ0v) is 11.7. The molecular formula is C12H19NO4S. The molecule has 1 aromatic rings. The van der Waals surface area contributed by atoms with E-state index in [1.54, 1.807) is 13.2 Å². The number of rotatable bonds is 7. The van der Waals surface area contributed by atoms with Crippen LogP contribution in [0.5, 0.6) is 11.5 Å². The van der Waals surface area contributed by atoms with Gasteiger partial charge in [-0.3, -0.25) is 0 Å². The van der Waals surface area contributed by atoms with E-state index >= 15 is 0 Å². The summed E-state index contributed by atoms with van der Waals surface area (Å²) in [7, 11) is 0.370. The molecule has 5 nitrogen and oxygen atoms in total. The Kier molecular flexibility index (Phi) is 5.43. The molecule has 18 heavy (non-hydrogen) atoms. The maximum Gasteiger partial charge on any atom is 0.165 e. The van der Waals surface area contributed by atoms with Crippen LogP contribution in [-0.2, 0) is 16.4 Å². The second-order valence-corrected chi connectivity index (χ2v) is 6.22. The van der Waals surface area contributed by atoms with Gasteiger partial charge in [0, 0.05) is 18.4 Å². The molecule has 1 N–H and O–H groups in total. The van der Waals surface area contributed by atoms with Crippen molar-refractivity contribution in [2.45, 2.75) is 6.54 Å². The highest BCUT2D eigenvalue weighted by molar-refractivity contribution is 7.90. The SMILES string of the molecule is CNCc1cccc(OC)c1OCCS(C)(=O)=O. The number of nitrogens with one attached hydrogen (secondary N) is 1. The Morgan fingerprint density at radius 3 is 2.61 bits per heavy atom. The molecule has 0 spiro atoms. The molecule has 0 bridgehead atoms.